The normalized spacial score (nSPS) is 20.4. The summed E-state index contributed by atoms with van der Waals surface area (Å²) in [4.78, 5) is 25.5. The van der Waals surface area contributed by atoms with Crippen molar-refractivity contribution in [3.05, 3.63) is 21.4 Å². The van der Waals surface area contributed by atoms with E-state index in [4.69, 9.17) is 0 Å². The van der Waals surface area contributed by atoms with Gasteiger partial charge in [0.25, 0.3) is 5.91 Å². The van der Waals surface area contributed by atoms with Crippen molar-refractivity contribution in [3.63, 3.8) is 0 Å². The van der Waals surface area contributed by atoms with Gasteiger partial charge in [-0.3, -0.25) is 9.59 Å². The summed E-state index contributed by atoms with van der Waals surface area (Å²) >= 11 is 1.55. The van der Waals surface area contributed by atoms with Crippen molar-refractivity contribution >= 4 is 23.2 Å². The van der Waals surface area contributed by atoms with Gasteiger partial charge in [0.15, 0.2) is 0 Å². The molecular formula is C16H23NO3S. The molecule has 0 aromatic carbocycles. The van der Waals surface area contributed by atoms with Crippen molar-refractivity contribution in [2.24, 2.45) is 11.3 Å². The first-order valence-electron chi connectivity index (χ1n) is 7.49. The third kappa shape index (κ3) is 3.46. The largest absolute Gasteiger partial charge is 0.481 e. The van der Waals surface area contributed by atoms with Crippen LogP contribution in [0, 0.1) is 11.3 Å². The number of carbonyl (C=O) groups excluding carboxylic acids is 1. The van der Waals surface area contributed by atoms with Gasteiger partial charge in [-0.25, -0.2) is 0 Å². The summed E-state index contributed by atoms with van der Waals surface area (Å²) in [7, 11) is 0. The van der Waals surface area contributed by atoms with Crippen molar-refractivity contribution in [2.45, 2.75) is 46.5 Å². The highest BCUT2D eigenvalue weighted by atomic mass is 32.1. The Hall–Kier alpha value is -1.36. The number of fused-ring (bicyclic) bond motifs is 1. The molecule has 1 aromatic heterocycles. The maximum absolute atomic E-state index is 12.2. The van der Waals surface area contributed by atoms with Crippen LogP contribution < -0.4 is 5.32 Å². The average molecular weight is 309 g/mol. The van der Waals surface area contributed by atoms with E-state index < -0.39 is 11.4 Å². The predicted octanol–water partition coefficient (Wildman–Crippen LogP) is 3.10. The summed E-state index contributed by atoms with van der Waals surface area (Å²) in [5.74, 6) is -0.342. The number of rotatable bonds is 5. The van der Waals surface area contributed by atoms with Crippen LogP contribution in [0.5, 0.6) is 0 Å². The van der Waals surface area contributed by atoms with E-state index >= 15 is 0 Å². The molecule has 0 spiro atoms. The molecule has 2 N–H and O–H groups in total. The molecule has 2 rings (SSSR count). The Bertz CT molecular complexity index is 552. The first kappa shape index (κ1) is 16.0. The average Bonchev–Trinajstić information content (AvgIpc) is 2.87. The highest BCUT2D eigenvalue weighted by Crippen LogP contribution is 2.32. The summed E-state index contributed by atoms with van der Waals surface area (Å²) in [6.07, 6.45) is 3.76. The molecule has 1 heterocycles. The molecule has 21 heavy (non-hydrogen) atoms. The summed E-state index contributed by atoms with van der Waals surface area (Å²) in [6.45, 7) is 5.89. The lowest BCUT2D eigenvalue weighted by atomic mass is 9.87. The van der Waals surface area contributed by atoms with Crippen LogP contribution in [-0.4, -0.2) is 23.5 Å². The molecule has 4 nitrogen and oxygen atoms in total. The highest BCUT2D eigenvalue weighted by Gasteiger charge is 2.32. The zero-order valence-electron chi connectivity index (χ0n) is 12.9. The van der Waals surface area contributed by atoms with E-state index in [1.54, 1.807) is 18.3 Å². The maximum atomic E-state index is 12.2. The number of hydrogen-bond donors (Lipinski definition) is 2. The van der Waals surface area contributed by atoms with E-state index in [2.05, 4.69) is 12.2 Å². The fraction of sp³-hybridized carbons (Fsp3) is 0.625. The van der Waals surface area contributed by atoms with Crippen LogP contribution in [0.3, 0.4) is 0 Å². The quantitative estimate of drug-likeness (QED) is 0.878. The van der Waals surface area contributed by atoms with Crippen molar-refractivity contribution in [3.8, 4) is 0 Å². The van der Waals surface area contributed by atoms with Gasteiger partial charge in [-0.15, -0.1) is 11.3 Å². The van der Waals surface area contributed by atoms with Gasteiger partial charge >= 0.3 is 5.97 Å². The summed E-state index contributed by atoms with van der Waals surface area (Å²) in [6, 6.07) is 1.98. The minimum absolute atomic E-state index is 0.150. The lowest BCUT2D eigenvalue weighted by Gasteiger charge is -2.22. The molecule has 1 aliphatic rings. The Labute approximate surface area is 129 Å². The molecule has 0 fully saturated rings. The third-order valence-corrected chi connectivity index (χ3v) is 5.72. The minimum Gasteiger partial charge on any atom is -0.481 e. The lowest BCUT2D eigenvalue weighted by molar-refractivity contribution is -0.147. The van der Waals surface area contributed by atoms with Crippen molar-refractivity contribution in [2.75, 3.05) is 6.54 Å². The molecule has 1 aromatic rings. The number of amides is 1. The van der Waals surface area contributed by atoms with Gasteiger partial charge in [0.2, 0.25) is 0 Å². The van der Waals surface area contributed by atoms with Gasteiger partial charge in [0.1, 0.15) is 0 Å². The summed E-state index contributed by atoms with van der Waals surface area (Å²) in [5.41, 5.74) is 0.390. The minimum atomic E-state index is -0.902. The molecule has 1 aliphatic carbocycles. The number of aryl methyl sites for hydroxylation is 1. The Kier molecular flexibility index (Phi) is 4.71. The Morgan fingerprint density at radius 2 is 2.24 bits per heavy atom. The summed E-state index contributed by atoms with van der Waals surface area (Å²) < 4.78 is 0. The standard InChI is InChI=1S/C16H23NO3S/c1-4-16(3,15(19)20)9-17-14(18)13-8-11-7-10(2)5-6-12(11)21-13/h8,10H,4-7,9H2,1-3H3,(H,17,18)(H,19,20). The number of carboxylic acids is 1. The van der Waals surface area contributed by atoms with Gasteiger partial charge in [-0.1, -0.05) is 13.8 Å². The number of thiophene rings is 1. The smallest absolute Gasteiger partial charge is 0.311 e. The number of carbonyl (C=O) groups is 2. The molecule has 0 aliphatic heterocycles. The first-order valence-corrected chi connectivity index (χ1v) is 8.30. The zero-order valence-corrected chi connectivity index (χ0v) is 13.7. The van der Waals surface area contributed by atoms with Crippen LogP contribution in [0.15, 0.2) is 6.07 Å². The van der Waals surface area contributed by atoms with Crippen LogP contribution in [0.2, 0.25) is 0 Å². The van der Waals surface area contributed by atoms with E-state index in [1.165, 1.54) is 16.9 Å². The molecule has 2 atom stereocenters. The molecule has 0 saturated carbocycles. The molecule has 2 unspecified atom stereocenters. The van der Waals surface area contributed by atoms with Gasteiger partial charge in [0.05, 0.1) is 10.3 Å². The van der Waals surface area contributed by atoms with Crippen LogP contribution >= 0.6 is 11.3 Å². The topological polar surface area (TPSA) is 66.4 Å². The molecule has 0 saturated heterocycles. The van der Waals surface area contributed by atoms with Crippen molar-refractivity contribution in [1.82, 2.24) is 5.32 Å². The first-order chi connectivity index (χ1) is 9.85. The van der Waals surface area contributed by atoms with Gasteiger partial charge in [0, 0.05) is 11.4 Å². The fourth-order valence-electron chi connectivity index (χ4n) is 2.53. The number of nitrogens with one attached hydrogen (secondary N) is 1. The van der Waals surface area contributed by atoms with Gasteiger partial charge in [-0.2, -0.15) is 0 Å². The monoisotopic (exact) mass is 309 g/mol. The molecule has 0 bridgehead atoms. The molecular weight excluding hydrogens is 286 g/mol. The zero-order chi connectivity index (χ0) is 15.6. The number of aliphatic carboxylic acids is 1. The second-order valence-electron chi connectivity index (χ2n) is 6.31. The van der Waals surface area contributed by atoms with Crippen molar-refractivity contribution in [1.29, 1.82) is 0 Å². The second kappa shape index (κ2) is 6.18. The Balaban J connectivity index is 2.03. The van der Waals surface area contributed by atoms with E-state index in [9.17, 15) is 14.7 Å². The summed E-state index contributed by atoms with van der Waals surface area (Å²) in [5, 5.41) is 12.0. The van der Waals surface area contributed by atoms with E-state index in [0.717, 1.165) is 12.8 Å². The van der Waals surface area contributed by atoms with Gasteiger partial charge < -0.3 is 10.4 Å². The van der Waals surface area contributed by atoms with E-state index in [1.807, 2.05) is 13.0 Å². The molecule has 0 radical (unpaired) electrons. The van der Waals surface area contributed by atoms with E-state index in [-0.39, 0.29) is 12.5 Å². The van der Waals surface area contributed by atoms with Crippen molar-refractivity contribution < 1.29 is 14.7 Å². The molecule has 116 valence electrons. The number of carboxylic acid groups (broad SMARTS) is 1. The maximum Gasteiger partial charge on any atom is 0.311 e. The SMILES string of the molecule is CCC(C)(CNC(=O)c1cc2c(s1)CCC(C)C2)C(=O)O. The lowest BCUT2D eigenvalue weighted by Crippen LogP contribution is -2.40. The van der Waals surface area contributed by atoms with E-state index in [0.29, 0.717) is 17.2 Å². The van der Waals surface area contributed by atoms with Crippen LogP contribution in [0.25, 0.3) is 0 Å². The fourth-order valence-corrected chi connectivity index (χ4v) is 3.66. The predicted molar refractivity (Wildman–Crippen MR) is 83.9 cm³/mol. The molecule has 1 amide bonds. The Morgan fingerprint density at radius 1 is 1.52 bits per heavy atom. The highest BCUT2D eigenvalue weighted by molar-refractivity contribution is 7.14. The second-order valence-corrected chi connectivity index (χ2v) is 7.45. The van der Waals surface area contributed by atoms with Crippen LogP contribution in [0.1, 0.15) is 53.7 Å². The van der Waals surface area contributed by atoms with Crippen LogP contribution in [-0.2, 0) is 17.6 Å². The van der Waals surface area contributed by atoms with Gasteiger partial charge in [-0.05, 0) is 50.2 Å². The molecule has 5 heteroatoms. The number of hydrogen-bond acceptors (Lipinski definition) is 3. The Morgan fingerprint density at radius 3 is 2.86 bits per heavy atom. The third-order valence-electron chi connectivity index (χ3n) is 4.49. The van der Waals surface area contributed by atoms with Crippen LogP contribution in [0.4, 0.5) is 0 Å².